The predicted octanol–water partition coefficient (Wildman–Crippen LogP) is 4.01. The average molecular weight is 405 g/mol. The molecule has 4 rings (SSSR count). The molecule has 1 saturated heterocycles. The number of hydrogen-bond acceptors (Lipinski definition) is 4. The monoisotopic (exact) mass is 405 g/mol. The highest BCUT2D eigenvalue weighted by molar-refractivity contribution is 5.96. The van der Waals surface area contributed by atoms with Gasteiger partial charge in [0.05, 0.1) is 11.3 Å². The fourth-order valence-electron chi connectivity index (χ4n) is 3.46. The number of ether oxygens (including phenoxy) is 1. The molecule has 3 aromatic rings. The molecule has 0 bridgehead atoms. The third-order valence-corrected chi connectivity index (χ3v) is 4.91. The van der Waals surface area contributed by atoms with Gasteiger partial charge in [-0.1, -0.05) is 18.2 Å². The molecule has 1 unspecified atom stereocenters. The quantitative estimate of drug-likeness (QED) is 0.651. The maximum atomic E-state index is 13.8. The number of carbonyl (C=O) groups is 2. The molecule has 1 fully saturated rings. The molecule has 0 radical (unpaired) electrons. The fourth-order valence-corrected chi connectivity index (χ4v) is 3.46. The van der Waals surface area contributed by atoms with Gasteiger partial charge in [0.15, 0.2) is 6.10 Å². The predicted molar refractivity (Wildman–Crippen MR) is 110 cm³/mol. The molecule has 2 heterocycles. The summed E-state index contributed by atoms with van der Waals surface area (Å²) < 4.78 is 19.5. The van der Waals surface area contributed by atoms with Gasteiger partial charge < -0.3 is 10.1 Å². The highest BCUT2D eigenvalue weighted by atomic mass is 19.1. The molecular weight excluding hydrogens is 385 g/mol. The minimum absolute atomic E-state index is 0.158. The molecule has 0 aliphatic carbocycles. The van der Waals surface area contributed by atoms with Crippen molar-refractivity contribution in [1.82, 2.24) is 10.3 Å². The molecule has 6 nitrogen and oxygen atoms in total. The first-order valence-electron chi connectivity index (χ1n) is 9.56. The number of carbonyl (C=O) groups excluding carboxylic acids is 2. The number of benzene rings is 2. The zero-order valence-electron chi connectivity index (χ0n) is 16.3. The maximum Gasteiger partial charge on any atom is 0.339 e. The van der Waals surface area contributed by atoms with Crippen LogP contribution in [0.3, 0.4) is 0 Å². The Hall–Kier alpha value is -3.74. The number of aromatic nitrogens is 1. The smallest absolute Gasteiger partial charge is 0.339 e. The average Bonchev–Trinajstić information content (AvgIpc) is 3.18. The number of hydrogen-bond donors (Lipinski definition) is 1. The van der Waals surface area contributed by atoms with E-state index in [0.717, 1.165) is 11.3 Å². The highest BCUT2D eigenvalue weighted by Gasteiger charge is 2.25. The van der Waals surface area contributed by atoms with Gasteiger partial charge in [0.1, 0.15) is 5.82 Å². The van der Waals surface area contributed by atoms with Crippen molar-refractivity contribution in [2.24, 2.45) is 0 Å². The van der Waals surface area contributed by atoms with Crippen LogP contribution >= 0.6 is 0 Å². The lowest BCUT2D eigenvalue weighted by Gasteiger charge is -2.20. The standard InChI is InChI=1S/C23H20FN3O3/c1-15-13-17(8-9-20(15)27-12-11-26-23(27)29)22(28)30-21(19-7-2-3-10-25-19)16-5-4-6-18(24)14-16/h2-10,13-14,21H,11-12H2,1H3,(H,26,29). The second kappa shape index (κ2) is 8.32. The largest absolute Gasteiger partial charge is 0.447 e. The van der Waals surface area contributed by atoms with Crippen LogP contribution in [0.15, 0.2) is 66.9 Å². The van der Waals surface area contributed by atoms with Gasteiger partial charge in [0.2, 0.25) is 0 Å². The van der Waals surface area contributed by atoms with E-state index in [4.69, 9.17) is 4.74 Å². The third-order valence-electron chi connectivity index (χ3n) is 4.91. The summed E-state index contributed by atoms with van der Waals surface area (Å²) in [5.74, 6) is -0.982. The van der Waals surface area contributed by atoms with Crippen LogP contribution in [0.5, 0.6) is 0 Å². The Kier molecular flexibility index (Phi) is 5.43. The molecule has 1 aliphatic heterocycles. The van der Waals surface area contributed by atoms with Crippen molar-refractivity contribution in [3.8, 4) is 0 Å². The van der Waals surface area contributed by atoms with Gasteiger partial charge in [0, 0.05) is 30.5 Å². The lowest BCUT2D eigenvalue weighted by Crippen LogP contribution is -2.28. The molecule has 1 aromatic heterocycles. The van der Waals surface area contributed by atoms with Crippen LogP contribution in [0.4, 0.5) is 14.9 Å². The fraction of sp³-hybridized carbons (Fsp3) is 0.174. The minimum atomic E-state index is -0.848. The molecule has 2 aromatic carbocycles. The maximum absolute atomic E-state index is 13.8. The summed E-state index contributed by atoms with van der Waals surface area (Å²) in [7, 11) is 0. The molecule has 2 amide bonds. The van der Waals surface area contributed by atoms with E-state index in [0.29, 0.717) is 29.9 Å². The van der Waals surface area contributed by atoms with Crippen LogP contribution in [0.25, 0.3) is 0 Å². The van der Waals surface area contributed by atoms with E-state index in [1.165, 1.54) is 12.1 Å². The first-order valence-corrected chi connectivity index (χ1v) is 9.56. The van der Waals surface area contributed by atoms with Crippen LogP contribution in [-0.4, -0.2) is 30.1 Å². The lowest BCUT2D eigenvalue weighted by molar-refractivity contribution is 0.0370. The van der Waals surface area contributed by atoms with Gasteiger partial charge in [-0.2, -0.15) is 0 Å². The van der Waals surface area contributed by atoms with Gasteiger partial charge in [-0.05, 0) is 55.0 Å². The van der Waals surface area contributed by atoms with Crippen LogP contribution < -0.4 is 10.2 Å². The zero-order valence-corrected chi connectivity index (χ0v) is 16.3. The first kappa shape index (κ1) is 19.6. The second-order valence-electron chi connectivity index (χ2n) is 6.98. The van der Waals surface area contributed by atoms with Crippen molar-refractivity contribution in [3.05, 3.63) is 95.1 Å². The summed E-state index contributed by atoms with van der Waals surface area (Å²) in [4.78, 5) is 30.7. The zero-order chi connectivity index (χ0) is 21.1. The lowest BCUT2D eigenvalue weighted by atomic mass is 10.0. The van der Waals surface area contributed by atoms with Gasteiger partial charge in [-0.3, -0.25) is 9.88 Å². The van der Waals surface area contributed by atoms with E-state index in [1.807, 2.05) is 6.92 Å². The Morgan fingerprint density at radius 1 is 1.17 bits per heavy atom. The molecule has 30 heavy (non-hydrogen) atoms. The number of rotatable bonds is 5. The first-order chi connectivity index (χ1) is 14.5. The van der Waals surface area contributed by atoms with Crippen molar-refractivity contribution in [2.75, 3.05) is 18.0 Å². The Bertz CT molecular complexity index is 1090. The summed E-state index contributed by atoms with van der Waals surface area (Å²) in [6.45, 7) is 2.99. The molecule has 1 aliphatic rings. The van der Waals surface area contributed by atoms with Crippen LogP contribution in [-0.2, 0) is 4.74 Å². The van der Waals surface area contributed by atoms with E-state index in [1.54, 1.807) is 59.6 Å². The Balaban J connectivity index is 1.61. The molecule has 7 heteroatoms. The van der Waals surface area contributed by atoms with Crippen molar-refractivity contribution in [3.63, 3.8) is 0 Å². The Morgan fingerprint density at radius 3 is 2.70 bits per heavy atom. The number of nitrogens with one attached hydrogen (secondary N) is 1. The number of halogens is 1. The number of nitrogens with zero attached hydrogens (tertiary/aromatic N) is 2. The van der Waals surface area contributed by atoms with E-state index in [-0.39, 0.29) is 6.03 Å². The Labute approximate surface area is 173 Å². The molecule has 0 saturated carbocycles. The number of amides is 2. The van der Waals surface area contributed by atoms with Gasteiger partial charge >= 0.3 is 12.0 Å². The molecule has 0 spiro atoms. The number of anilines is 1. The van der Waals surface area contributed by atoms with E-state index < -0.39 is 17.9 Å². The normalized spacial score (nSPS) is 14.3. The second-order valence-corrected chi connectivity index (χ2v) is 6.98. The minimum Gasteiger partial charge on any atom is -0.447 e. The molecule has 1 atom stereocenters. The van der Waals surface area contributed by atoms with E-state index in [2.05, 4.69) is 10.3 Å². The summed E-state index contributed by atoms with van der Waals surface area (Å²) in [6.07, 6.45) is 0.744. The van der Waals surface area contributed by atoms with E-state index in [9.17, 15) is 14.0 Å². The summed E-state index contributed by atoms with van der Waals surface area (Å²) >= 11 is 0. The van der Waals surface area contributed by atoms with Gasteiger partial charge in [-0.15, -0.1) is 0 Å². The topological polar surface area (TPSA) is 71.5 Å². The number of aryl methyl sites for hydroxylation is 1. The Morgan fingerprint density at radius 2 is 2.03 bits per heavy atom. The van der Waals surface area contributed by atoms with Gasteiger partial charge in [0.25, 0.3) is 0 Å². The summed E-state index contributed by atoms with van der Waals surface area (Å²) in [5.41, 5.74) is 2.85. The molecular formula is C23H20FN3O3. The highest BCUT2D eigenvalue weighted by Crippen LogP contribution is 2.28. The van der Waals surface area contributed by atoms with Crippen molar-refractivity contribution >= 4 is 17.7 Å². The van der Waals surface area contributed by atoms with Crippen LogP contribution in [0.1, 0.15) is 33.3 Å². The molecule has 1 N–H and O–H groups in total. The number of esters is 1. The van der Waals surface area contributed by atoms with Crippen LogP contribution in [0.2, 0.25) is 0 Å². The summed E-state index contributed by atoms with van der Waals surface area (Å²) in [6, 6.07) is 16.1. The summed E-state index contributed by atoms with van der Waals surface area (Å²) in [5, 5.41) is 2.76. The van der Waals surface area contributed by atoms with Crippen molar-refractivity contribution in [2.45, 2.75) is 13.0 Å². The number of pyridine rings is 1. The number of urea groups is 1. The van der Waals surface area contributed by atoms with Crippen molar-refractivity contribution < 1.29 is 18.7 Å². The van der Waals surface area contributed by atoms with Crippen LogP contribution in [0, 0.1) is 12.7 Å². The molecule has 152 valence electrons. The van der Waals surface area contributed by atoms with Gasteiger partial charge in [-0.25, -0.2) is 14.0 Å². The third kappa shape index (κ3) is 4.00. The van der Waals surface area contributed by atoms with Crippen molar-refractivity contribution in [1.29, 1.82) is 0 Å². The van der Waals surface area contributed by atoms with E-state index >= 15 is 0 Å². The SMILES string of the molecule is Cc1cc(C(=O)OC(c2cccc(F)c2)c2ccccn2)ccc1N1CCNC1=O.